The Bertz CT molecular complexity index is 295. The van der Waals surface area contributed by atoms with Crippen LogP contribution in [0, 0.1) is 16.7 Å². The third-order valence-corrected chi connectivity index (χ3v) is 1.84. The van der Waals surface area contributed by atoms with E-state index in [0.717, 1.165) is 11.1 Å². The highest BCUT2D eigenvalue weighted by Gasteiger charge is 2.10. The number of hydrogen-bond acceptors (Lipinski definition) is 4. The predicted molar refractivity (Wildman–Crippen MR) is 50.4 cm³/mol. The summed E-state index contributed by atoms with van der Waals surface area (Å²) in [6.07, 6.45) is 0. The van der Waals surface area contributed by atoms with Gasteiger partial charge >= 0.3 is 0 Å². The first-order chi connectivity index (χ1) is 6.27. The molecule has 13 heavy (non-hydrogen) atoms. The van der Waals surface area contributed by atoms with Crippen molar-refractivity contribution < 1.29 is 0 Å². The Kier molecular flexibility index (Phi) is 3.25. The van der Waals surface area contributed by atoms with Crippen LogP contribution in [0.15, 0.2) is 34.6 Å². The van der Waals surface area contributed by atoms with E-state index in [9.17, 15) is 9.81 Å². The zero-order chi connectivity index (χ0) is 9.68. The Balaban J connectivity index is 2.84. The molecular formula is C9H10N2O2. The summed E-state index contributed by atoms with van der Waals surface area (Å²) < 4.78 is 0. The van der Waals surface area contributed by atoms with E-state index >= 15 is 0 Å². The molecule has 1 rings (SSSR count). The first-order valence-corrected chi connectivity index (χ1v) is 3.96. The van der Waals surface area contributed by atoms with Crippen LogP contribution >= 0.6 is 0 Å². The molecule has 1 unspecified atom stereocenters. The number of nitroso groups, excluding NO2 is 2. The Hall–Kier alpha value is -1.58. The topological polar surface area (TPSA) is 58.9 Å². The van der Waals surface area contributed by atoms with Gasteiger partial charge in [-0.15, -0.1) is 0 Å². The van der Waals surface area contributed by atoms with E-state index in [4.69, 9.17) is 0 Å². The molecule has 0 aliphatic rings. The molecule has 0 aliphatic heterocycles. The molecule has 0 N–H and O–H groups in total. The van der Waals surface area contributed by atoms with E-state index in [0.29, 0.717) is 0 Å². The van der Waals surface area contributed by atoms with Crippen LogP contribution in [0.4, 0.5) is 0 Å². The van der Waals surface area contributed by atoms with E-state index in [1.807, 2.05) is 19.1 Å². The molecule has 1 aromatic rings. The fraction of sp³-hybridized carbons (Fsp3) is 0.333. The quantitative estimate of drug-likeness (QED) is 0.665. The Morgan fingerprint density at radius 3 is 2.31 bits per heavy atom. The molecule has 4 heteroatoms. The fourth-order valence-electron chi connectivity index (χ4n) is 1.06. The zero-order valence-corrected chi connectivity index (χ0v) is 7.30. The second kappa shape index (κ2) is 4.45. The van der Waals surface area contributed by atoms with Crippen molar-refractivity contribution in [3.05, 3.63) is 45.2 Å². The Morgan fingerprint density at radius 2 is 1.85 bits per heavy atom. The molecule has 0 bridgehead atoms. The van der Waals surface area contributed by atoms with Crippen LogP contribution in [-0.2, 0) is 0 Å². The van der Waals surface area contributed by atoms with Gasteiger partial charge in [0.2, 0.25) is 0 Å². The number of aryl methyl sites for hydroxylation is 1. The normalized spacial score (nSPS) is 12.1. The molecule has 0 aromatic heterocycles. The molecule has 0 radical (unpaired) electrons. The summed E-state index contributed by atoms with van der Waals surface area (Å²) in [5, 5.41) is 5.50. The van der Waals surface area contributed by atoms with E-state index in [-0.39, 0.29) is 6.54 Å². The maximum absolute atomic E-state index is 10.3. The minimum absolute atomic E-state index is 0.0907. The molecule has 1 atom stereocenters. The average molecular weight is 178 g/mol. The maximum atomic E-state index is 10.3. The first-order valence-electron chi connectivity index (χ1n) is 3.96. The molecule has 0 saturated heterocycles. The summed E-state index contributed by atoms with van der Waals surface area (Å²) in [6.45, 7) is 1.86. The van der Waals surface area contributed by atoms with Crippen molar-refractivity contribution in [2.45, 2.75) is 13.0 Å². The van der Waals surface area contributed by atoms with Gasteiger partial charge in [0.25, 0.3) is 0 Å². The Labute approximate surface area is 75.9 Å². The van der Waals surface area contributed by atoms with E-state index in [1.54, 1.807) is 12.1 Å². The summed E-state index contributed by atoms with van der Waals surface area (Å²) >= 11 is 0. The fourth-order valence-corrected chi connectivity index (χ4v) is 1.06. The number of nitrogens with zero attached hydrogens (tertiary/aromatic N) is 2. The van der Waals surface area contributed by atoms with Crippen molar-refractivity contribution in [2.75, 3.05) is 6.54 Å². The van der Waals surface area contributed by atoms with Crippen molar-refractivity contribution in [1.29, 1.82) is 0 Å². The highest BCUT2D eigenvalue weighted by atomic mass is 16.3. The summed E-state index contributed by atoms with van der Waals surface area (Å²) in [5.41, 5.74) is 1.84. The van der Waals surface area contributed by atoms with Crippen LogP contribution in [0.2, 0.25) is 0 Å². The molecule has 0 fully saturated rings. The molecule has 68 valence electrons. The van der Waals surface area contributed by atoms with Crippen molar-refractivity contribution in [1.82, 2.24) is 0 Å². The van der Waals surface area contributed by atoms with Gasteiger partial charge in [0.15, 0.2) is 0 Å². The minimum Gasteiger partial charge on any atom is -0.151 e. The third-order valence-electron chi connectivity index (χ3n) is 1.84. The van der Waals surface area contributed by atoms with Crippen LogP contribution in [0.3, 0.4) is 0 Å². The van der Waals surface area contributed by atoms with Gasteiger partial charge in [-0.05, 0) is 12.5 Å². The van der Waals surface area contributed by atoms with Crippen molar-refractivity contribution in [3.63, 3.8) is 0 Å². The van der Waals surface area contributed by atoms with E-state index < -0.39 is 6.04 Å². The van der Waals surface area contributed by atoms with Crippen molar-refractivity contribution >= 4 is 0 Å². The van der Waals surface area contributed by atoms with E-state index in [1.165, 1.54) is 0 Å². The maximum Gasteiger partial charge on any atom is 0.140 e. The predicted octanol–water partition coefficient (Wildman–Crippen LogP) is 2.57. The largest absolute Gasteiger partial charge is 0.151 e. The molecule has 0 saturated carbocycles. The zero-order valence-electron chi connectivity index (χ0n) is 7.30. The van der Waals surface area contributed by atoms with Gasteiger partial charge in [0.05, 0.1) is 0 Å². The van der Waals surface area contributed by atoms with Crippen LogP contribution < -0.4 is 0 Å². The van der Waals surface area contributed by atoms with Gasteiger partial charge in [0, 0.05) is 0 Å². The van der Waals surface area contributed by atoms with Gasteiger partial charge in [-0.2, -0.15) is 9.81 Å². The van der Waals surface area contributed by atoms with Crippen LogP contribution in [0.5, 0.6) is 0 Å². The van der Waals surface area contributed by atoms with Crippen LogP contribution in [-0.4, -0.2) is 6.54 Å². The highest BCUT2D eigenvalue weighted by Crippen LogP contribution is 2.17. The van der Waals surface area contributed by atoms with Gasteiger partial charge in [-0.1, -0.05) is 40.2 Å². The molecule has 0 aliphatic carbocycles. The molecule has 1 aromatic carbocycles. The number of hydrogen-bond donors (Lipinski definition) is 0. The van der Waals surface area contributed by atoms with Gasteiger partial charge < -0.3 is 0 Å². The highest BCUT2D eigenvalue weighted by molar-refractivity contribution is 5.24. The Morgan fingerprint density at radius 1 is 1.23 bits per heavy atom. The SMILES string of the molecule is Cc1ccc(C(CN=O)N=O)cc1. The lowest BCUT2D eigenvalue weighted by atomic mass is 10.1. The lowest BCUT2D eigenvalue weighted by Gasteiger charge is -2.04. The summed E-state index contributed by atoms with van der Waals surface area (Å²) in [7, 11) is 0. The minimum atomic E-state index is -0.641. The molecule has 0 heterocycles. The van der Waals surface area contributed by atoms with Gasteiger partial charge in [0.1, 0.15) is 12.6 Å². The van der Waals surface area contributed by atoms with Crippen molar-refractivity contribution in [3.8, 4) is 0 Å². The summed E-state index contributed by atoms with van der Waals surface area (Å²) in [5.74, 6) is 0. The third kappa shape index (κ3) is 2.43. The molecule has 0 amide bonds. The molecule has 0 spiro atoms. The smallest absolute Gasteiger partial charge is 0.140 e. The lowest BCUT2D eigenvalue weighted by Crippen LogP contribution is -1.98. The molecular weight excluding hydrogens is 168 g/mol. The second-order valence-corrected chi connectivity index (χ2v) is 2.84. The lowest BCUT2D eigenvalue weighted by molar-refractivity contribution is 0.730. The van der Waals surface area contributed by atoms with Crippen LogP contribution in [0.1, 0.15) is 17.2 Å². The number of rotatable bonds is 4. The first kappa shape index (κ1) is 9.51. The van der Waals surface area contributed by atoms with E-state index in [2.05, 4.69) is 10.4 Å². The average Bonchev–Trinajstić information content (AvgIpc) is 2.16. The van der Waals surface area contributed by atoms with Gasteiger partial charge in [-0.25, -0.2) is 0 Å². The second-order valence-electron chi connectivity index (χ2n) is 2.84. The van der Waals surface area contributed by atoms with Crippen molar-refractivity contribution in [2.24, 2.45) is 10.4 Å². The number of benzene rings is 1. The summed E-state index contributed by atoms with van der Waals surface area (Å²) in [6, 6.07) is 6.67. The summed E-state index contributed by atoms with van der Waals surface area (Å²) in [4.78, 5) is 20.3. The molecule has 4 nitrogen and oxygen atoms in total. The standard InChI is InChI=1S/C9H10N2O2/c1-7-2-4-8(5-3-7)9(11-13)6-10-12/h2-5,9H,6H2,1H3. The van der Waals surface area contributed by atoms with Crippen LogP contribution in [0.25, 0.3) is 0 Å². The monoisotopic (exact) mass is 178 g/mol. The van der Waals surface area contributed by atoms with Gasteiger partial charge in [-0.3, -0.25) is 0 Å².